The Morgan fingerprint density at radius 2 is 2.31 bits per heavy atom. The maximum Gasteiger partial charge on any atom is 0.129 e. The molecule has 1 aromatic heterocycles. The Bertz CT molecular complexity index is 354. The zero-order valence-corrected chi connectivity index (χ0v) is 10.3. The highest BCUT2D eigenvalue weighted by Gasteiger charge is 2.15. The van der Waals surface area contributed by atoms with Gasteiger partial charge in [-0.05, 0) is 18.6 Å². The minimum atomic E-state index is 0.399. The first-order valence-corrected chi connectivity index (χ1v) is 5.97. The van der Waals surface area contributed by atoms with E-state index < -0.39 is 0 Å². The third-order valence-corrected chi connectivity index (χ3v) is 3.06. The zero-order chi connectivity index (χ0) is 11.4. The average Bonchev–Trinajstić information content (AvgIpc) is 2.76. The number of halogens is 2. The highest BCUT2D eigenvalue weighted by atomic mass is 35.5. The van der Waals surface area contributed by atoms with Crippen molar-refractivity contribution < 1.29 is 9.47 Å². The van der Waals surface area contributed by atoms with Crippen LogP contribution in [0.25, 0.3) is 0 Å². The van der Waals surface area contributed by atoms with Crippen LogP contribution in [0.1, 0.15) is 12.1 Å². The molecule has 0 aromatic carbocycles. The summed E-state index contributed by atoms with van der Waals surface area (Å²) in [6.07, 6.45) is 1.07. The average molecular weight is 262 g/mol. The molecule has 0 amide bonds. The standard InChI is InChI=1S/C11H13Cl2NO2/c12-9-1-2-11(13)14-10(9)7-16-6-8-3-4-15-5-8/h1-2,8H,3-7H2. The lowest BCUT2D eigenvalue weighted by atomic mass is 10.1. The molecule has 0 saturated carbocycles. The number of rotatable bonds is 4. The largest absolute Gasteiger partial charge is 0.381 e. The normalized spacial score (nSPS) is 20.2. The SMILES string of the molecule is Clc1ccc(Cl)c(COCC2CCOC2)n1. The Hall–Kier alpha value is -0.350. The van der Waals surface area contributed by atoms with Gasteiger partial charge in [0.15, 0.2) is 0 Å². The number of ether oxygens (including phenoxy) is 2. The number of pyridine rings is 1. The van der Waals surface area contributed by atoms with Gasteiger partial charge in [0.25, 0.3) is 0 Å². The van der Waals surface area contributed by atoms with E-state index in [9.17, 15) is 0 Å². The molecule has 0 aliphatic carbocycles. The quantitative estimate of drug-likeness (QED) is 0.782. The van der Waals surface area contributed by atoms with Crippen LogP contribution in [0.4, 0.5) is 0 Å². The molecule has 0 spiro atoms. The van der Waals surface area contributed by atoms with Gasteiger partial charge in [-0.25, -0.2) is 4.98 Å². The molecule has 1 unspecified atom stereocenters. The van der Waals surface area contributed by atoms with Crippen molar-refractivity contribution in [3.8, 4) is 0 Å². The predicted molar refractivity (Wildman–Crippen MR) is 62.8 cm³/mol. The fraction of sp³-hybridized carbons (Fsp3) is 0.545. The third-order valence-electron chi connectivity index (χ3n) is 2.50. The van der Waals surface area contributed by atoms with Crippen LogP contribution in [0.3, 0.4) is 0 Å². The lowest BCUT2D eigenvalue weighted by molar-refractivity contribution is 0.0773. The van der Waals surface area contributed by atoms with Crippen molar-refractivity contribution in [1.82, 2.24) is 4.98 Å². The molecular formula is C11H13Cl2NO2. The van der Waals surface area contributed by atoms with Gasteiger partial charge in [0.1, 0.15) is 5.15 Å². The van der Waals surface area contributed by atoms with Gasteiger partial charge in [-0.3, -0.25) is 0 Å². The predicted octanol–water partition coefficient (Wildman–Crippen LogP) is 2.94. The van der Waals surface area contributed by atoms with E-state index in [2.05, 4.69) is 4.98 Å². The van der Waals surface area contributed by atoms with Crippen molar-refractivity contribution >= 4 is 23.2 Å². The minimum Gasteiger partial charge on any atom is -0.381 e. The zero-order valence-electron chi connectivity index (χ0n) is 8.79. The molecule has 0 N–H and O–H groups in total. The van der Waals surface area contributed by atoms with E-state index in [4.69, 9.17) is 32.7 Å². The Morgan fingerprint density at radius 1 is 1.44 bits per heavy atom. The summed E-state index contributed by atoms with van der Waals surface area (Å²) in [7, 11) is 0. The molecule has 1 aliphatic rings. The van der Waals surface area contributed by atoms with Gasteiger partial charge < -0.3 is 9.47 Å². The Balaban J connectivity index is 1.82. The van der Waals surface area contributed by atoms with Gasteiger partial charge in [-0.2, -0.15) is 0 Å². The topological polar surface area (TPSA) is 31.4 Å². The van der Waals surface area contributed by atoms with Crippen molar-refractivity contribution in [2.45, 2.75) is 13.0 Å². The van der Waals surface area contributed by atoms with Crippen molar-refractivity contribution in [3.63, 3.8) is 0 Å². The molecule has 1 aliphatic heterocycles. The van der Waals surface area contributed by atoms with Crippen molar-refractivity contribution in [3.05, 3.63) is 28.0 Å². The smallest absolute Gasteiger partial charge is 0.129 e. The van der Waals surface area contributed by atoms with Crippen LogP contribution in [0.15, 0.2) is 12.1 Å². The van der Waals surface area contributed by atoms with Crippen molar-refractivity contribution in [2.24, 2.45) is 5.92 Å². The molecule has 1 atom stereocenters. The molecule has 5 heteroatoms. The molecule has 2 heterocycles. The van der Waals surface area contributed by atoms with E-state index in [1.54, 1.807) is 12.1 Å². The highest BCUT2D eigenvalue weighted by Crippen LogP contribution is 2.18. The molecule has 0 radical (unpaired) electrons. The summed E-state index contributed by atoms with van der Waals surface area (Å²) in [5.41, 5.74) is 0.688. The van der Waals surface area contributed by atoms with Gasteiger partial charge >= 0.3 is 0 Å². The van der Waals surface area contributed by atoms with E-state index in [1.807, 2.05) is 0 Å². The van der Waals surface area contributed by atoms with E-state index in [0.717, 1.165) is 19.6 Å². The van der Waals surface area contributed by atoms with Crippen LogP contribution in [-0.4, -0.2) is 24.8 Å². The molecule has 88 valence electrons. The second kappa shape index (κ2) is 5.82. The van der Waals surface area contributed by atoms with Crippen LogP contribution in [0.2, 0.25) is 10.2 Å². The number of nitrogens with zero attached hydrogens (tertiary/aromatic N) is 1. The van der Waals surface area contributed by atoms with Gasteiger partial charge in [-0.15, -0.1) is 0 Å². The van der Waals surface area contributed by atoms with E-state index >= 15 is 0 Å². The van der Waals surface area contributed by atoms with Crippen LogP contribution in [0, 0.1) is 5.92 Å². The van der Waals surface area contributed by atoms with E-state index in [1.165, 1.54) is 0 Å². The fourth-order valence-electron chi connectivity index (χ4n) is 1.60. The molecule has 1 fully saturated rings. The summed E-state index contributed by atoms with van der Waals surface area (Å²) in [4.78, 5) is 4.11. The summed E-state index contributed by atoms with van der Waals surface area (Å²) in [5.74, 6) is 0.498. The Kier molecular flexibility index (Phi) is 4.41. The first-order valence-electron chi connectivity index (χ1n) is 5.22. The second-order valence-corrected chi connectivity index (χ2v) is 4.60. The summed E-state index contributed by atoms with van der Waals surface area (Å²) in [5, 5.41) is 1.03. The summed E-state index contributed by atoms with van der Waals surface area (Å²) >= 11 is 11.7. The maximum absolute atomic E-state index is 5.97. The molecular weight excluding hydrogens is 249 g/mol. The van der Waals surface area contributed by atoms with Gasteiger partial charge in [0.2, 0.25) is 0 Å². The number of aromatic nitrogens is 1. The molecule has 3 nitrogen and oxygen atoms in total. The molecule has 0 bridgehead atoms. The number of hydrogen-bond acceptors (Lipinski definition) is 3. The molecule has 16 heavy (non-hydrogen) atoms. The molecule has 1 aromatic rings. The Morgan fingerprint density at radius 3 is 3.06 bits per heavy atom. The van der Waals surface area contributed by atoms with Gasteiger partial charge in [0, 0.05) is 12.5 Å². The minimum absolute atomic E-state index is 0.399. The van der Waals surface area contributed by atoms with Crippen LogP contribution < -0.4 is 0 Å². The molecule has 2 rings (SSSR count). The van der Waals surface area contributed by atoms with Crippen molar-refractivity contribution in [2.75, 3.05) is 19.8 Å². The van der Waals surface area contributed by atoms with E-state index in [0.29, 0.717) is 35.0 Å². The van der Waals surface area contributed by atoms with Crippen LogP contribution >= 0.6 is 23.2 Å². The van der Waals surface area contributed by atoms with Crippen LogP contribution in [0.5, 0.6) is 0 Å². The number of hydrogen-bond donors (Lipinski definition) is 0. The lowest BCUT2D eigenvalue weighted by Gasteiger charge is -2.09. The highest BCUT2D eigenvalue weighted by molar-refractivity contribution is 6.32. The third kappa shape index (κ3) is 3.32. The van der Waals surface area contributed by atoms with Gasteiger partial charge in [0.05, 0.1) is 30.5 Å². The summed E-state index contributed by atoms with van der Waals surface area (Å²) < 4.78 is 10.8. The first kappa shape index (κ1) is 12.1. The Labute approximate surface area is 105 Å². The maximum atomic E-state index is 5.97. The lowest BCUT2D eigenvalue weighted by Crippen LogP contribution is -2.09. The first-order chi connectivity index (χ1) is 7.75. The molecule has 1 saturated heterocycles. The van der Waals surface area contributed by atoms with E-state index in [-0.39, 0.29) is 0 Å². The van der Waals surface area contributed by atoms with Crippen molar-refractivity contribution in [1.29, 1.82) is 0 Å². The summed E-state index contributed by atoms with van der Waals surface area (Å²) in [6, 6.07) is 3.40. The van der Waals surface area contributed by atoms with Gasteiger partial charge in [-0.1, -0.05) is 23.2 Å². The van der Waals surface area contributed by atoms with Crippen LogP contribution in [-0.2, 0) is 16.1 Å². The monoisotopic (exact) mass is 261 g/mol. The fourth-order valence-corrected chi connectivity index (χ4v) is 1.92. The summed E-state index contributed by atoms with van der Waals surface area (Å²) in [6.45, 7) is 2.71. The second-order valence-electron chi connectivity index (χ2n) is 3.81.